The van der Waals surface area contributed by atoms with Crippen LogP contribution in [0.15, 0.2) is 0 Å². The molecule has 0 aromatic heterocycles. The van der Waals surface area contributed by atoms with Crippen molar-refractivity contribution in [2.24, 2.45) is 5.41 Å². The molecule has 0 unspecified atom stereocenters. The first kappa shape index (κ1) is 15.4. The molecule has 1 rings (SSSR count). The molecule has 1 heterocycles. The van der Waals surface area contributed by atoms with Crippen LogP contribution in [0, 0.1) is 5.41 Å². The third-order valence-electron chi connectivity index (χ3n) is 3.01. The second-order valence-electron chi connectivity index (χ2n) is 6.08. The molecule has 1 aliphatic rings. The Morgan fingerprint density at radius 3 is 2.22 bits per heavy atom. The van der Waals surface area contributed by atoms with E-state index in [0.29, 0.717) is 6.42 Å². The lowest BCUT2D eigenvalue weighted by Gasteiger charge is -2.20. The third kappa shape index (κ3) is 4.20. The van der Waals surface area contributed by atoms with Crippen LogP contribution in [0.1, 0.15) is 27.2 Å². The summed E-state index contributed by atoms with van der Waals surface area (Å²) in [5.41, 5.74) is -0.0844. The molecule has 6 heteroatoms. The zero-order chi connectivity index (χ0) is 13.9. The van der Waals surface area contributed by atoms with Crippen molar-refractivity contribution < 1.29 is 20.1 Å². The second-order valence-corrected chi connectivity index (χ2v) is 6.08. The predicted molar refractivity (Wildman–Crippen MR) is 66.9 cm³/mol. The van der Waals surface area contributed by atoms with Gasteiger partial charge in [0.1, 0.15) is 0 Å². The molecule has 1 fully saturated rings. The van der Waals surface area contributed by atoms with Crippen LogP contribution in [-0.4, -0.2) is 58.7 Å². The molecule has 0 spiro atoms. The van der Waals surface area contributed by atoms with Crippen molar-refractivity contribution in [2.75, 3.05) is 13.2 Å². The van der Waals surface area contributed by atoms with Gasteiger partial charge in [0.15, 0.2) is 0 Å². The lowest BCUT2D eigenvalue weighted by molar-refractivity contribution is -0.123. The highest BCUT2D eigenvalue weighted by molar-refractivity contribution is 5.76. The Kier molecular flexibility index (Phi) is 5.10. The van der Waals surface area contributed by atoms with Crippen molar-refractivity contribution in [3.8, 4) is 0 Å². The van der Waals surface area contributed by atoms with E-state index < -0.39 is 24.3 Å². The van der Waals surface area contributed by atoms with E-state index in [1.165, 1.54) is 0 Å². The van der Waals surface area contributed by atoms with Crippen LogP contribution in [0.2, 0.25) is 0 Å². The van der Waals surface area contributed by atoms with Gasteiger partial charge in [0.2, 0.25) is 5.91 Å². The van der Waals surface area contributed by atoms with Crippen molar-refractivity contribution in [1.82, 2.24) is 10.6 Å². The molecule has 1 saturated heterocycles. The smallest absolute Gasteiger partial charge is 0.220 e. The molecule has 1 amide bonds. The third-order valence-corrected chi connectivity index (χ3v) is 3.01. The molecular weight excluding hydrogens is 236 g/mol. The van der Waals surface area contributed by atoms with Gasteiger partial charge in [-0.2, -0.15) is 0 Å². The van der Waals surface area contributed by atoms with Crippen LogP contribution in [0.4, 0.5) is 0 Å². The van der Waals surface area contributed by atoms with Gasteiger partial charge in [-0.15, -0.1) is 0 Å². The summed E-state index contributed by atoms with van der Waals surface area (Å²) in [5, 5.41) is 33.9. The van der Waals surface area contributed by atoms with E-state index in [2.05, 4.69) is 10.6 Å². The Morgan fingerprint density at radius 2 is 1.78 bits per heavy atom. The van der Waals surface area contributed by atoms with Gasteiger partial charge >= 0.3 is 0 Å². The number of hydrogen-bond donors (Lipinski definition) is 5. The number of nitrogens with one attached hydrogen (secondary N) is 2. The van der Waals surface area contributed by atoms with Crippen molar-refractivity contribution in [3.05, 3.63) is 0 Å². The minimum atomic E-state index is -1.00. The molecule has 0 radical (unpaired) electrons. The predicted octanol–water partition coefficient (Wildman–Crippen LogP) is -1.41. The summed E-state index contributed by atoms with van der Waals surface area (Å²) in [6, 6.07) is -0.967. The van der Waals surface area contributed by atoms with Crippen molar-refractivity contribution in [2.45, 2.75) is 51.5 Å². The molecule has 0 aliphatic carbocycles. The molecule has 106 valence electrons. The van der Waals surface area contributed by atoms with Gasteiger partial charge in [0.05, 0.1) is 30.9 Å². The maximum atomic E-state index is 11.6. The van der Waals surface area contributed by atoms with Gasteiger partial charge in [-0.05, 0) is 5.41 Å². The molecule has 0 aromatic carbocycles. The van der Waals surface area contributed by atoms with E-state index in [4.69, 9.17) is 5.11 Å². The van der Waals surface area contributed by atoms with Gasteiger partial charge in [-0.25, -0.2) is 0 Å². The Hall–Kier alpha value is -0.690. The molecular formula is C12H24N2O4. The summed E-state index contributed by atoms with van der Waals surface area (Å²) in [6.07, 6.45) is -1.57. The molecule has 4 atom stereocenters. The van der Waals surface area contributed by atoms with Crippen molar-refractivity contribution >= 4 is 5.91 Å². The van der Waals surface area contributed by atoms with Crippen LogP contribution in [-0.2, 0) is 4.79 Å². The van der Waals surface area contributed by atoms with Gasteiger partial charge in [-0.3, -0.25) is 4.79 Å². The molecule has 5 N–H and O–H groups in total. The van der Waals surface area contributed by atoms with Crippen LogP contribution in [0.5, 0.6) is 0 Å². The largest absolute Gasteiger partial charge is 0.395 e. The van der Waals surface area contributed by atoms with E-state index >= 15 is 0 Å². The number of aliphatic hydroxyl groups is 3. The highest BCUT2D eigenvalue weighted by Gasteiger charge is 2.40. The normalized spacial score (nSPS) is 32.6. The monoisotopic (exact) mass is 260 g/mol. The molecule has 18 heavy (non-hydrogen) atoms. The van der Waals surface area contributed by atoms with Crippen LogP contribution in [0.3, 0.4) is 0 Å². The maximum absolute atomic E-state index is 11.6. The van der Waals surface area contributed by atoms with Crippen LogP contribution < -0.4 is 10.6 Å². The van der Waals surface area contributed by atoms with Crippen molar-refractivity contribution in [3.63, 3.8) is 0 Å². The number of amides is 1. The lowest BCUT2D eigenvalue weighted by atomic mass is 9.92. The summed E-state index contributed by atoms with van der Waals surface area (Å²) < 4.78 is 0. The summed E-state index contributed by atoms with van der Waals surface area (Å²) in [5.74, 6) is -0.0848. The topological polar surface area (TPSA) is 102 Å². The van der Waals surface area contributed by atoms with E-state index in [1.807, 2.05) is 20.8 Å². The Labute approximate surface area is 107 Å². The number of rotatable bonds is 4. The van der Waals surface area contributed by atoms with E-state index in [1.54, 1.807) is 0 Å². The lowest BCUT2D eigenvalue weighted by Crippen LogP contribution is -2.44. The highest BCUT2D eigenvalue weighted by Crippen LogP contribution is 2.18. The van der Waals surface area contributed by atoms with Gasteiger partial charge in [0, 0.05) is 13.0 Å². The summed E-state index contributed by atoms with van der Waals surface area (Å²) in [7, 11) is 0. The molecule has 0 saturated carbocycles. The quantitative estimate of drug-likeness (QED) is 0.428. The standard InChI is InChI=1S/C12H24N2O4/c1-12(2,3)4-9(16)13-5-7-10(17)11(18)8(6-15)14-7/h7-8,10-11,14-15,17-18H,4-6H2,1-3H3,(H,13,16)/t7-,8+,10+,11-/m0/s1. The summed E-state index contributed by atoms with van der Waals surface area (Å²) in [6.45, 7) is 5.91. The van der Waals surface area contributed by atoms with Gasteiger partial charge in [0.25, 0.3) is 0 Å². The van der Waals surface area contributed by atoms with E-state index in [0.717, 1.165) is 0 Å². The fourth-order valence-corrected chi connectivity index (χ4v) is 2.06. The number of aliphatic hydroxyl groups excluding tert-OH is 3. The first-order chi connectivity index (χ1) is 8.24. The van der Waals surface area contributed by atoms with Crippen molar-refractivity contribution in [1.29, 1.82) is 0 Å². The minimum absolute atomic E-state index is 0.0844. The second kappa shape index (κ2) is 5.97. The van der Waals surface area contributed by atoms with Crippen LogP contribution in [0.25, 0.3) is 0 Å². The highest BCUT2D eigenvalue weighted by atomic mass is 16.3. The SMILES string of the molecule is CC(C)(C)CC(=O)NC[C@@H]1N[C@H](CO)[C@H](O)[C@@H]1O. The first-order valence-corrected chi connectivity index (χ1v) is 6.24. The average molecular weight is 260 g/mol. The zero-order valence-corrected chi connectivity index (χ0v) is 11.2. The van der Waals surface area contributed by atoms with Gasteiger partial charge in [-0.1, -0.05) is 20.8 Å². The van der Waals surface area contributed by atoms with Crippen LogP contribution >= 0.6 is 0 Å². The molecule has 0 bridgehead atoms. The summed E-state index contributed by atoms with van der Waals surface area (Å²) in [4.78, 5) is 11.6. The Balaban J connectivity index is 2.38. The number of carbonyl (C=O) groups excluding carboxylic acids is 1. The minimum Gasteiger partial charge on any atom is -0.395 e. The number of hydrogen-bond acceptors (Lipinski definition) is 5. The molecule has 1 aliphatic heterocycles. The Morgan fingerprint density at radius 1 is 1.22 bits per heavy atom. The Bertz CT molecular complexity index is 290. The fourth-order valence-electron chi connectivity index (χ4n) is 2.06. The number of carbonyl (C=O) groups is 1. The van der Waals surface area contributed by atoms with E-state index in [9.17, 15) is 15.0 Å². The van der Waals surface area contributed by atoms with E-state index in [-0.39, 0.29) is 24.5 Å². The van der Waals surface area contributed by atoms with Gasteiger partial charge < -0.3 is 26.0 Å². The molecule has 0 aromatic rings. The summed E-state index contributed by atoms with van der Waals surface area (Å²) >= 11 is 0. The zero-order valence-electron chi connectivity index (χ0n) is 11.2. The maximum Gasteiger partial charge on any atom is 0.220 e. The fraction of sp³-hybridized carbons (Fsp3) is 0.917. The first-order valence-electron chi connectivity index (χ1n) is 6.24. The average Bonchev–Trinajstić information content (AvgIpc) is 2.51. The molecule has 6 nitrogen and oxygen atoms in total.